The van der Waals surface area contributed by atoms with Gasteiger partial charge in [-0.1, -0.05) is 39.5 Å². The highest BCUT2D eigenvalue weighted by Gasteiger charge is 2.12. The molecule has 1 heterocycles. The molecule has 1 aromatic heterocycles. The minimum absolute atomic E-state index is 0.152. The van der Waals surface area contributed by atoms with Crippen molar-refractivity contribution in [3.8, 4) is 5.88 Å². The number of aromatic amines is 1. The second-order valence-electron chi connectivity index (χ2n) is 5.61. The Hall–Kier alpha value is -2.38. The van der Waals surface area contributed by atoms with E-state index in [2.05, 4.69) is 22.4 Å². The molecule has 0 radical (unpaired) electrons. The average molecular weight is 338 g/mol. The van der Waals surface area contributed by atoms with Gasteiger partial charge in [0, 0.05) is 13.0 Å². The monoisotopic (exact) mass is 338 g/mol. The van der Waals surface area contributed by atoms with Crippen molar-refractivity contribution in [1.29, 1.82) is 0 Å². The first-order valence-electron chi connectivity index (χ1n) is 8.39. The van der Waals surface area contributed by atoms with Crippen LogP contribution >= 0.6 is 0 Å². The molecule has 0 unspecified atom stereocenters. The second-order valence-corrected chi connectivity index (χ2v) is 5.61. The number of aromatic nitrogens is 2. The molecule has 0 saturated heterocycles. The summed E-state index contributed by atoms with van der Waals surface area (Å²) in [7, 11) is 0. The topological polar surface area (TPSA) is 117 Å². The van der Waals surface area contributed by atoms with E-state index in [-0.39, 0.29) is 11.5 Å². The van der Waals surface area contributed by atoms with Gasteiger partial charge in [0.25, 0.3) is 5.56 Å². The molecule has 1 aromatic rings. The maximum absolute atomic E-state index is 11.8. The van der Waals surface area contributed by atoms with Crippen LogP contribution in [0.4, 0.5) is 0 Å². The normalized spacial score (nSPS) is 11.1. The summed E-state index contributed by atoms with van der Waals surface area (Å²) in [6, 6.07) is 0. The molecule has 0 atom stereocenters. The number of aromatic hydroxyl groups is 1. The zero-order valence-electron chi connectivity index (χ0n) is 14.3. The predicted octanol–water partition coefficient (Wildman–Crippen LogP) is 1.46. The van der Waals surface area contributed by atoms with Crippen molar-refractivity contribution in [1.82, 2.24) is 15.0 Å². The molecule has 1 rings (SSSR count). The number of hydrazone groups is 1. The van der Waals surface area contributed by atoms with Gasteiger partial charge in [-0.15, -0.1) is 0 Å². The van der Waals surface area contributed by atoms with E-state index in [1.807, 2.05) is 6.92 Å². The largest absolute Gasteiger partial charge is 0.494 e. The zero-order chi connectivity index (χ0) is 17.9. The number of unbranched alkanes of at least 4 members (excludes halogenated alkanes) is 4. The van der Waals surface area contributed by atoms with Crippen LogP contribution in [0.15, 0.2) is 14.7 Å². The molecule has 0 bridgehead atoms. The number of H-pyrrole nitrogens is 1. The SMILES string of the molecule is CCCCCCn1c(O)c(/C=N/NC(=O)CCCC)c(=O)[nH]c1=O. The highest BCUT2D eigenvalue weighted by atomic mass is 16.3. The Morgan fingerprint density at radius 2 is 1.92 bits per heavy atom. The van der Waals surface area contributed by atoms with Gasteiger partial charge in [0.1, 0.15) is 5.56 Å². The van der Waals surface area contributed by atoms with Crippen molar-refractivity contribution in [2.75, 3.05) is 0 Å². The fourth-order valence-corrected chi connectivity index (χ4v) is 2.16. The first-order valence-corrected chi connectivity index (χ1v) is 8.39. The lowest BCUT2D eigenvalue weighted by atomic mass is 10.2. The quantitative estimate of drug-likeness (QED) is 0.340. The second kappa shape index (κ2) is 10.4. The number of carbonyl (C=O) groups excluding carboxylic acids is 1. The Morgan fingerprint density at radius 3 is 2.58 bits per heavy atom. The van der Waals surface area contributed by atoms with Crippen molar-refractivity contribution in [2.45, 2.75) is 65.3 Å². The molecule has 8 nitrogen and oxygen atoms in total. The number of hydrogen-bond donors (Lipinski definition) is 3. The summed E-state index contributed by atoms with van der Waals surface area (Å²) in [6.45, 7) is 4.36. The molecule has 0 aliphatic heterocycles. The van der Waals surface area contributed by atoms with E-state index < -0.39 is 17.1 Å². The third kappa shape index (κ3) is 6.02. The molecule has 134 valence electrons. The van der Waals surface area contributed by atoms with Crippen LogP contribution < -0.4 is 16.7 Å². The Balaban J connectivity index is 2.85. The van der Waals surface area contributed by atoms with Gasteiger partial charge in [0.05, 0.1) is 6.21 Å². The number of nitrogens with one attached hydrogen (secondary N) is 2. The molecule has 1 amide bonds. The Morgan fingerprint density at radius 1 is 1.21 bits per heavy atom. The smallest absolute Gasteiger partial charge is 0.331 e. The standard InChI is InChI=1S/C16H26N4O4/c1-3-5-7-8-10-20-15(23)12(14(22)18-16(20)24)11-17-19-13(21)9-6-4-2/h11,23H,3-10H2,1-2H3,(H,19,21)(H,18,22,24)/b17-11+. The number of hydrogen-bond acceptors (Lipinski definition) is 5. The number of rotatable bonds is 10. The highest BCUT2D eigenvalue weighted by molar-refractivity contribution is 5.83. The van der Waals surface area contributed by atoms with Gasteiger partial charge in [0.2, 0.25) is 11.8 Å². The lowest BCUT2D eigenvalue weighted by Crippen LogP contribution is -2.32. The molecule has 0 saturated carbocycles. The zero-order valence-corrected chi connectivity index (χ0v) is 14.3. The predicted molar refractivity (Wildman–Crippen MR) is 92.4 cm³/mol. The molecule has 0 spiro atoms. The molecule has 0 aromatic carbocycles. The van der Waals surface area contributed by atoms with Crippen LogP contribution in [0.25, 0.3) is 0 Å². The fraction of sp³-hybridized carbons (Fsp3) is 0.625. The molecular weight excluding hydrogens is 312 g/mol. The third-order valence-corrected chi connectivity index (χ3v) is 3.58. The fourth-order valence-electron chi connectivity index (χ4n) is 2.16. The van der Waals surface area contributed by atoms with Crippen molar-refractivity contribution in [3.63, 3.8) is 0 Å². The van der Waals surface area contributed by atoms with Crippen molar-refractivity contribution < 1.29 is 9.90 Å². The average Bonchev–Trinajstić information content (AvgIpc) is 2.55. The molecule has 24 heavy (non-hydrogen) atoms. The molecule has 3 N–H and O–H groups in total. The van der Waals surface area contributed by atoms with E-state index in [4.69, 9.17) is 0 Å². The van der Waals surface area contributed by atoms with Crippen LogP contribution in [0.2, 0.25) is 0 Å². The van der Waals surface area contributed by atoms with Gasteiger partial charge in [-0.3, -0.25) is 19.1 Å². The highest BCUT2D eigenvalue weighted by Crippen LogP contribution is 2.10. The number of amides is 1. The summed E-state index contributed by atoms with van der Waals surface area (Å²) >= 11 is 0. The maximum atomic E-state index is 11.8. The van der Waals surface area contributed by atoms with E-state index >= 15 is 0 Å². The Labute approximate surface area is 140 Å². The van der Waals surface area contributed by atoms with Crippen molar-refractivity contribution >= 4 is 12.1 Å². The Kier molecular flexibility index (Phi) is 8.53. The van der Waals surface area contributed by atoms with E-state index in [0.717, 1.165) is 49.3 Å². The van der Waals surface area contributed by atoms with Gasteiger partial charge in [-0.2, -0.15) is 5.10 Å². The van der Waals surface area contributed by atoms with Gasteiger partial charge < -0.3 is 5.11 Å². The van der Waals surface area contributed by atoms with Crippen LogP contribution in [-0.2, 0) is 11.3 Å². The van der Waals surface area contributed by atoms with Gasteiger partial charge in [-0.05, 0) is 12.8 Å². The summed E-state index contributed by atoms with van der Waals surface area (Å²) in [4.78, 5) is 37.2. The lowest BCUT2D eigenvalue weighted by Gasteiger charge is -2.09. The molecule has 0 aliphatic carbocycles. The van der Waals surface area contributed by atoms with Crippen LogP contribution in [0, 0.1) is 0 Å². The minimum Gasteiger partial charge on any atom is -0.494 e. The van der Waals surface area contributed by atoms with Crippen molar-refractivity contribution in [2.24, 2.45) is 5.10 Å². The van der Waals surface area contributed by atoms with Gasteiger partial charge >= 0.3 is 5.69 Å². The molecular formula is C16H26N4O4. The van der Waals surface area contributed by atoms with Crippen LogP contribution in [0.1, 0.15) is 64.4 Å². The summed E-state index contributed by atoms with van der Waals surface area (Å²) in [6.07, 6.45) is 6.78. The maximum Gasteiger partial charge on any atom is 0.331 e. The van der Waals surface area contributed by atoms with Crippen molar-refractivity contribution in [3.05, 3.63) is 26.4 Å². The first kappa shape index (κ1) is 19.7. The van der Waals surface area contributed by atoms with E-state index in [1.165, 1.54) is 0 Å². The van der Waals surface area contributed by atoms with Crippen LogP contribution in [-0.4, -0.2) is 26.8 Å². The number of nitrogens with zero attached hydrogens (tertiary/aromatic N) is 2. The third-order valence-electron chi connectivity index (χ3n) is 3.58. The summed E-state index contributed by atoms with van der Waals surface area (Å²) in [5.74, 6) is -0.705. The van der Waals surface area contributed by atoms with Gasteiger partial charge in [0.15, 0.2) is 0 Å². The number of carbonyl (C=O) groups is 1. The van der Waals surface area contributed by atoms with E-state index in [0.29, 0.717) is 13.0 Å². The first-order chi connectivity index (χ1) is 11.5. The molecule has 0 fully saturated rings. The van der Waals surface area contributed by atoms with Crippen LogP contribution in [0.5, 0.6) is 5.88 Å². The summed E-state index contributed by atoms with van der Waals surface area (Å²) < 4.78 is 1.11. The van der Waals surface area contributed by atoms with E-state index in [1.54, 1.807) is 0 Å². The summed E-state index contributed by atoms with van der Waals surface area (Å²) in [5, 5.41) is 13.8. The van der Waals surface area contributed by atoms with Gasteiger partial charge in [-0.25, -0.2) is 10.2 Å². The van der Waals surface area contributed by atoms with E-state index in [9.17, 15) is 19.5 Å². The molecule has 0 aliphatic rings. The molecule has 8 heteroatoms. The minimum atomic E-state index is -0.742. The van der Waals surface area contributed by atoms with Crippen LogP contribution in [0.3, 0.4) is 0 Å². The lowest BCUT2D eigenvalue weighted by molar-refractivity contribution is -0.121. The Bertz CT molecular complexity index is 676. The summed E-state index contributed by atoms with van der Waals surface area (Å²) in [5.41, 5.74) is 0.745.